The molecule has 0 aliphatic carbocycles. The summed E-state index contributed by atoms with van der Waals surface area (Å²) < 4.78 is 8.36. The van der Waals surface area contributed by atoms with Gasteiger partial charge in [-0.1, -0.05) is 18.2 Å². The first-order chi connectivity index (χ1) is 11.8. The summed E-state index contributed by atoms with van der Waals surface area (Å²) in [7, 11) is 0. The van der Waals surface area contributed by atoms with Crippen LogP contribution < -0.4 is 5.32 Å². The van der Waals surface area contributed by atoms with Crippen LogP contribution in [0.5, 0.6) is 0 Å². The molecule has 0 aliphatic heterocycles. The van der Waals surface area contributed by atoms with Gasteiger partial charge in [0, 0.05) is 23.6 Å². The number of carbonyl (C=O) groups is 1. The Bertz CT molecular complexity index is 1020. The van der Waals surface area contributed by atoms with Crippen molar-refractivity contribution in [3.05, 3.63) is 66.7 Å². The molecule has 24 heavy (non-hydrogen) atoms. The van der Waals surface area contributed by atoms with Gasteiger partial charge in [0.05, 0.1) is 17.3 Å². The Morgan fingerprint density at radius 2 is 1.79 bits per heavy atom. The van der Waals surface area contributed by atoms with E-state index in [4.69, 9.17) is 0 Å². The lowest BCUT2D eigenvalue weighted by Gasteiger charge is -2.07. The normalized spacial score (nSPS) is 10.7. The van der Waals surface area contributed by atoms with Crippen LogP contribution in [0.1, 0.15) is 10.4 Å². The van der Waals surface area contributed by atoms with Crippen LogP contribution in [0.3, 0.4) is 0 Å². The van der Waals surface area contributed by atoms with Gasteiger partial charge in [0.25, 0.3) is 5.91 Å². The molecule has 0 saturated heterocycles. The third-order valence-electron chi connectivity index (χ3n) is 3.54. The molecule has 0 aliphatic rings. The average molecular weight is 333 g/mol. The molecule has 4 rings (SSSR count). The van der Waals surface area contributed by atoms with E-state index >= 15 is 0 Å². The molecule has 2 heterocycles. The molecule has 4 aromatic rings. The predicted molar refractivity (Wildman–Crippen MR) is 92.8 cm³/mol. The van der Waals surface area contributed by atoms with E-state index in [-0.39, 0.29) is 5.91 Å². The van der Waals surface area contributed by atoms with Gasteiger partial charge in [0.15, 0.2) is 0 Å². The second kappa shape index (κ2) is 6.13. The Kier molecular flexibility index (Phi) is 3.68. The van der Waals surface area contributed by atoms with E-state index in [1.165, 1.54) is 6.33 Å². The largest absolute Gasteiger partial charge is 0.322 e. The number of hydrogen-bond donors (Lipinski definition) is 1. The van der Waals surface area contributed by atoms with Crippen LogP contribution in [0.4, 0.5) is 5.69 Å². The third-order valence-corrected chi connectivity index (χ3v) is 4.09. The highest BCUT2D eigenvalue weighted by molar-refractivity contribution is 7.00. The van der Waals surface area contributed by atoms with Crippen molar-refractivity contribution in [3.8, 4) is 11.1 Å². The predicted octanol–water partition coefficient (Wildman–Crippen LogP) is 3.40. The zero-order chi connectivity index (χ0) is 16.4. The van der Waals surface area contributed by atoms with Gasteiger partial charge in [-0.05, 0) is 29.8 Å². The van der Waals surface area contributed by atoms with Crippen LogP contribution in [-0.4, -0.2) is 24.6 Å². The lowest BCUT2D eigenvalue weighted by Crippen LogP contribution is -2.12. The number of hydrogen-bond acceptors (Lipinski definition) is 6. The number of amides is 1. The summed E-state index contributed by atoms with van der Waals surface area (Å²) in [6, 6.07) is 12.9. The summed E-state index contributed by atoms with van der Waals surface area (Å²) >= 11 is 1.10. The maximum atomic E-state index is 12.6. The fraction of sp³-hybridized carbons (Fsp3) is 0. The molecule has 2 aromatic carbocycles. The molecule has 1 amide bonds. The maximum Gasteiger partial charge on any atom is 0.257 e. The fourth-order valence-corrected chi connectivity index (χ4v) is 2.96. The second-order valence-electron chi connectivity index (χ2n) is 5.10. The van der Waals surface area contributed by atoms with E-state index in [2.05, 4.69) is 24.0 Å². The number of fused-ring (bicyclic) bond motifs is 1. The van der Waals surface area contributed by atoms with Gasteiger partial charge < -0.3 is 5.32 Å². The number of aromatic nitrogens is 4. The maximum absolute atomic E-state index is 12.6. The number of benzene rings is 2. The smallest absolute Gasteiger partial charge is 0.257 e. The Hall–Kier alpha value is -3.19. The summed E-state index contributed by atoms with van der Waals surface area (Å²) in [5.74, 6) is -0.213. The second-order valence-corrected chi connectivity index (χ2v) is 5.63. The van der Waals surface area contributed by atoms with Gasteiger partial charge in [-0.15, -0.1) is 0 Å². The van der Waals surface area contributed by atoms with E-state index < -0.39 is 0 Å². The SMILES string of the molecule is O=C(Nc1cccc(-c2cncnc2)c1)c1cccc2nsnc12. The van der Waals surface area contributed by atoms with Gasteiger partial charge in [0.1, 0.15) is 17.4 Å². The van der Waals surface area contributed by atoms with E-state index in [1.807, 2.05) is 30.3 Å². The number of anilines is 1. The van der Waals surface area contributed by atoms with Gasteiger partial charge in [-0.2, -0.15) is 8.75 Å². The molecule has 0 radical (unpaired) electrons. The molecule has 7 heteroatoms. The van der Waals surface area contributed by atoms with Crippen LogP contribution in [0.2, 0.25) is 0 Å². The minimum absolute atomic E-state index is 0.213. The summed E-state index contributed by atoms with van der Waals surface area (Å²) in [6.45, 7) is 0. The van der Waals surface area contributed by atoms with Gasteiger partial charge in [0.2, 0.25) is 0 Å². The lowest BCUT2D eigenvalue weighted by molar-refractivity contribution is 0.102. The van der Waals surface area contributed by atoms with Crippen molar-refractivity contribution in [1.29, 1.82) is 0 Å². The van der Waals surface area contributed by atoms with E-state index in [1.54, 1.807) is 24.5 Å². The summed E-state index contributed by atoms with van der Waals surface area (Å²) in [6.07, 6.45) is 4.95. The molecule has 0 atom stereocenters. The van der Waals surface area contributed by atoms with Crippen molar-refractivity contribution < 1.29 is 4.79 Å². The molecular weight excluding hydrogens is 322 g/mol. The van der Waals surface area contributed by atoms with Crippen LogP contribution in [0.25, 0.3) is 22.2 Å². The van der Waals surface area contributed by atoms with Gasteiger partial charge in [-0.3, -0.25) is 4.79 Å². The van der Waals surface area contributed by atoms with Crippen LogP contribution in [-0.2, 0) is 0 Å². The van der Waals surface area contributed by atoms with Crippen molar-refractivity contribution in [2.45, 2.75) is 0 Å². The zero-order valence-electron chi connectivity index (χ0n) is 12.4. The van der Waals surface area contributed by atoms with E-state index in [9.17, 15) is 4.79 Å². The van der Waals surface area contributed by atoms with Crippen LogP contribution >= 0.6 is 11.7 Å². The highest BCUT2D eigenvalue weighted by Gasteiger charge is 2.13. The summed E-state index contributed by atoms with van der Waals surface area (Å²) in [4.78, 5) is 20.6. The van der Waals surface area contributed by atoms with Crippen molar-refractivity contribution in [3.63, 3.8) is 0 Å². The highest BCUT2D eigenvalue weighted by atomic mass is 32.1. The van der Waals surface area contributed by atoms with E-state index in [0.29, 0.717) is 16.8 Å². The average Bonchev–Trinajstić information content (AvgIpc) is 3.11. The number of carbonyl (C=O) groups excluding carboxylic acids is 1. The van der Waals surface area contributed by atoms with Crippen molar-refractivity contribution in [1.82, 2.24) is 18.7 Å². The van der Waals surface area contributed by atoms with Crippen LogP contribution in [0.15, 0.2) is 61.2 Å². The third kappa shape index (κ3) is 2.72. The van der Waals surface area contributed by atoms with Crippen LogP contribution in [0, 0.1) is 0 Å². The molecule has 0 saturated carbocycles. The molecule has 0 fully saturated rings. The Labute approximate surface area is 141 Å². The molecule has 1 N–H and O–H groups in total. The molecule has 2 aromatic heterocycles. The molecule has 0 bridgehead atoms. The minimum atomic E-state index is -0.213. The first-order valence-corrected chi connectivity index (χ1v) is 7.92. The Morgan fingerprint density at radius 3 is 2.67 bits per heavy atom. The minimum Gasteiger partial charge on any atom is -0.322 e. The number of nitrogens with zero attached hydrogens (tertiary/aromatic N) is 4. The Balaban J connectivity index is 1.64. The van der Waals surface area contributed by atoms with Crippen molar-refractivity contribution >= 4 is 34.4 Å². The first kappa shape index (κ1) is 14.4. The number of nitrogens with one attached hydrogen (secondary N) is 1. The fourth-order valence-electron chi connectivity index (χ4n) is 2.41. The standard InChI is InChI=1S/C17H11N5OS/c23-17(14-5-2-6-15-16(14)22-24-21-15)20-13-4-1-3-11(7-13)12-8-18-10-19-9-12/h1-10H,(H,20,23). The molecular formula is C17H11N5OS. The van der Waals surface area contributed by atoms with E-state index in [0.717, 1.165) is 28.4 Å². The van der Waals surface area contributed by atoms with Gasteiger partial charge in [-0.25, -0.2) is 9.97 Å². The lowest BCUT2D eigenvalue weighted by atomic mass is 10.1. The molecule has 6 nitrogen and oxygen atoms in total. The van der Waals surface area contributed by atoms with Crippen molar-refractivity contribution in [2.75, 3.05) is 5.32 Å². The topological polar surface area (TPSA) is 80.7 Å². The summed E-state index contributed by atoms with van der Waals surface area (Å²) in [5, 5.41) is 2.91. The first-order valence-electron chi connectivity index (χ1n) is 7.19. The quantitative estimate of drug-likeness (QED) is 0.621. The summed E-state index contributed by atoms with van der Waals surface area (Å²) in [5.41, 5.74) is 4.37. The van der Waals surface area contributed by atoms with Gasteiger partial charge >= 0.3 is 0 Å². The Morgan fingerprint density at radius 1 is 0.958 bits per heavy atom. The molecule has 116 valence electrons. The number of rotatable bonds is 3. The molecule has 0 spiro atoms. The molecule has 0 unspecified atom stereocenters. The highest BCUT2D eigenvalue weighted by Crippen LogP contribution is 2.22. The zero-order valence-corrected chi connectivity index (χ0v) is 13.2. The monoisotopic (exact) mass is 333 g/mol. The van der Waals surface area contributed by atoms with Crippen molar-refractivity contribution in [2.24, 2.45) is 0 Å².